The quantitative estimate of drug-likeness (QED) is 0.878. The fourth-order valence-electron chi connectivity index (χ4n) is 1.51. The van der Waals surface area contributed by atoms with Crippen LogP contribution in [0.25, 0.3) is 5.57 Å². The van der Waals surface area contributed by atoms with Crippen LogP contribution in [0.2, 0.25) is 0 Å². The lowest BCUT2D eigenvalue weighted by Crippen LogP contribution is -2.05. The number of carbonyl (C=O) groups is 1. The number of aliphatic hydroxyl groups is 1. The molecule has 0 aromatic heterocycles. The van der Waals surface area contributed by atoms with E-state index in [-0.39, 0.29) is 28.3 Å². The number of carboxylic acids is 1. The van der Waals surface area contributed by atoms with Gasteiger partial charge in [0, 0.05) is 6.08 Å². The Morgan fingerprint density at radius 2 is 2.00 bits per heavy atom. The van der Waals surface area contributed by atoms with Gasteiger partial charge in [0.1, 0.15) is 0 Å². The minimum Gasteiger partial charge on any atom is -0.478 e. The van der Waals surface area contributed by atoms with Crippen molar-refractivity contribution >= 4 is 11.5 Å². The number of rotatable bonds is 3. The van der Waals surface area contributed by atoms with Gasteiger partial charge in [-0.2, -0.15) is 13.2 Å². The highest BCUT2D eigenvalue weighted by Crippen LogP contribution is 2.25. The highest BCUT2D eigenvalue weighted by molar-refractivity contribution is 5.90. The number of hydrogen-bond acceptors (Lipinski definition) is 2. The molecule has 0 amide bonds. The molecular weight excluding hydrogens is 249 g/mol. The molecule has 18 heavy (non-hydrogen) atoms. The number of hydrogen-bond donors (Lipinski definition) is 2. The summed E-state index contributed by atoms with van der Waals surface area (Å²) in [5.74, 6) is -1.23. The average Bonchev–Trinajstić information content (AvgIpc) is 2.25. The van der Waals surface area contributed by atoms with E-state index >= 15 is 0 Å². The smallest absolute Gasteiger partial charge is 0.410 e. The summed E-state index contributed by atoms with van der Waals surface area (Å²) in [6.07, 6.45) is -4.31. The molecule has 1 aromatic carbocycles. The van der Waals surface area contributed by atoms with Crippen LogP contribution in [0.4, 0.5) is 13.2 Å². The zero-order valence-electron chi connectivity index (χ0n) is 9.45. The molecule has 0 saturated heterocycles. The predicted octanol–water partition coefficient (Wildman–Crippen LogP) is 2.84. The van der Waals surface area contributed by atoms with Gasteiger partial charge in [0.05, 0.1) is 12.2 Å². The van der Waals surface area contributed by atoms with Gasteiger partial charge in [-0.05, 0) is 35.8 Å². The van der Waals surface area contributed by atoms with E-state index in [4.69, 9.17) is 10.2 Å². The molecule has 0 radical (unpaired) electrons. The van der Waals surface area contributed by atoms with Crippen molar-refractivity contribution in [3.63, 3.8) is 0 Å². The number of allylic oxidation sites excluding steroid dienone is 2. The van der Waals surface area contributed by atoms with Crippen molar-refractivity contribution in [3.8, 4) is 0 Å². The molecule has 0 fully saturated rings. The second-order valence-corrected chi connectivity index (χ2v) is 3.70. The third-order valence-electron chi connectivity index (χ3n) is 2.34. The third kappa shape index (κ3) is 3.59. The van der Waals surface area contributed by atoms with Gasteiger partial charge in [-0.25, -0.2) is 4.79 Å². The molecule has 0 spiro atoms. The van der Waals surface area contributed by atoms with Crippen LogP contribution in [0.3, 0.4) is 0 Å². The molecule has 98 valence electrons. The predicted molar refractivity (Wildman–Crippen MR) is 59.0 cm³/mol. The molecule has 0 bridgehead atoms. The van der Waals surface area contributed by atoms with Gasteiger partial charge in [0.2, 0.25) is 0 Å². The van der Waals surface area contributed by atoms with Crippen molar-refractivity contribution in [1.29, 1.82) is 0 Å². The highest BCUT2D eigenvalue weighted by Gasteiger charge is 2.24. The van der Waals surface area contributed by atoms with E-state index in [0.717, 1.165) is 0 Å². The van der Waals surface area contributed by atoms with Crippen LogP contribution in [-0.4, -0.2) is 22.4 Å². The zero-order chi connectivity index (χ0) is 13.9. The first-order valence-corrected chi connectivity index (χ1v) is 4.98. The molecule has 0 atom stereocenters. The maximum absolute atomic E-state index is 12.2. The fourth-order valence-corrected chi connectivity index (χ4v) is 1.51. The van der Waals surface area contributed by atoms with Crippen LogP contribution in [0.5, 0.6) is 0 Å². The molecule has 1 aromatic rings. The SMILES string of the molecule is C/C(=C\C(F)(F)F)c1ccc(C(=O)O)c(CO)c1. The van der Waals surface area contributed by atoms with Crippen LogP contribution in [0.15, 0.2) is 24.3 Å². The molecule has 0 heterocycles. The van der Waals surface area contributed by atoms with Gasteiger partial charge in [-0.3, -0.25) is 0 Å². The van der Waals surface area contributed by atoms with Crippen LogP contribution in [0.1, 0.15) is 28.4 Å². The second kappa shape index (κ2) is 5.22. The summed E-state index contributed by atoms with van der Waals surface area (Å²) in [5.41, 5.74) is 0.131. The van der Waals surface area contributed by atoms with E-state index in [1.165, 1.54) is 25.1 Å². The van der Waals surface area contributed by atoms with Crippen molar-refractivity contribution in [2.24, 2.45) is 0 Å². The largest absolute Gasteiger partial charge is 0.478 e. The first kappa shape index (κ1) is 14.2. The lowest BCUT2D eigenvalue weighted by molar-refractivity contribution is -0.0793. The van der Waals surface area contributed by atoms with E-state index < -0.39 is 18.8 Å². The minimum atomic E-state index is -4.44. The van der Waals surface area contributed by atoms with E-state index in [0.29, 0.717) is 0 Å². The van der Waals surface area contributed by atoms with E-state index in [1.54, 1.807) is 0 Å². The molecule has 6 heteroatoms. The summed E-state index contributed by atoms with van der Waals surface area (Å²) in [7, 11) is 0. The Labute approximate surface area is 101 Å². The maximum atomic E-state index is 12.2. The van der Waals surface area contributed by atoms with E-state index in [2.05, 4.69) is 0 Å². The lowest BCUT2D eigenvalue weighted by Gasteiger charge is -2.08. The summed E-state index contributed by atoms with van der Waals surface area (Å²) in [5, 5.41) is 17.8. The van der Waals surface area contributed by atoms with Crippen molar-refractivity contribution in [2.75, 3.05) is 0 Å². The molecule has 2 N–H and O–H groups in total. The molecule has 0 unspecified atom stereocenters. The minimum absolute atomic E-state index is 0.0471. The summed E-state index contributed by atoms with van der Waals surface area (Å²) < 4.78 is 36.5. The first-order valence-electron chi connectivity index (χ1n) is 4.98. The van der Waals surface area contributed by atoms with Gasteiger partial charge in [0.15, 0.2) is 0 Å². The molecule has 0 aliphatic heterocycles. The summed E-state index contributed by atoms with van der Waals surface area (Å²) in [6, 6.07) is 3.69. The zero-order valence-corrected chi connectivity index (χ0v) is 9.45. The summed E-state index contributed by atoms with van der Waals surface area (Å²) >= 11 is 0. The van der Waals surface area contributed by atoms with Gasteiger partial charge in [0.25, 0.3) is 0 Å². The molecule has 3 nitrogen and oxygen atoms in total. The Bertz CT molecular complexity index is 490. The van der Waals surface area contributed by atoms with Crippen molar-refractivity contribution in [3.05, 3.63) is 41.0 Å². The van der Waals surface area contributed by atoms with E-state index in [9.17, 15) is 18.0 Å². The van der Waals surface area contributed by atoms with Crippen LogP contribution in [0, 0.1) is 0 Å². The van der Waals surface area contributed by atoms with Crippen molar-refractivity contribution < 1.29 is 28.2 Å². The number of benzene rings is 1. The number of alkyl halides is 3. The number of aliphatic hydroxyl groups excluding tert-OH is 1. The molecule has 0 aliphatic carbocycles. The van der Waals surface area contributed by atoms with Gasteiger partial charge in [-0.15, -0.1) is 0 Å². The first-order chi connectivity index (χ1) is 8.24. The van der Waals surface area contributed by atoms with Gasteiger partial charge in [-0.1, -0.05) is 6.07 Å². The van der Waals surface area contributed by atoms with Crippen molar-refractivity contribution in [2.45, 2.75) is 19.7 Å². The Hall–Kier alpha value is -1.82. The Balaban J connectivity index is 3.21. The highest BCUT2D eigenvalue weighted by atomic mass is 19.4. The molecule has 0 saturated carbocycles. The second-order valence-electron chi connectivity index (χ2n) is 3.70. The summed E-state index contributed by atoms with van der Waals surface area (Å²) in [4.78, 5) is 10.8. The maximum Gasteiger partial charge on any atom is 0.410 e. The Morgan fingerprint density at radius 3 is 2.44 bits per heavy atom. The van der Waals surface area contributed by atoms with Gasteiger partial charge < -0.3 is 10.2 Å². The summed E-state index contributed by atoms with van der Waals surface area (Å²) in [6.45, 7) is 0.721. The number of aromatic carboxylic acids is 1. The number of carboxylic acid groups (broad SMARTS) is 1. The van der Waals surface area contributed by atoms with Gasteiger partial charge >= 0.3 is 12.1 Å². The molecule has 1 rings (SSSR count). The van der Waals surface area contributed by atoms with E-state index in [1.807, 2.05) is 0 Å². The monoisotopic (exact) mass is 260 g/mol. The normalized spacial score (nSPS) is 12.6. The Kier molecular flexibility index (Phi) is 4.13. The average molecular weight is 260 g/mol. The number of halogens is 3. The van der Waals surface area contributed by atoms with Crippen LogP contribution < -0.4 is 0 Å². The third-order valence-corrected chi connectivity index (χ3v) is 2.34. The molecule has 0 aliphatic rings. The standard InChI is InChI=1S/C12H11F3O3/c1-7(5-12(13,14)15)8-2-3-10(11(17)18)9(4-8)6-16/h2-5,16H,6H2,1H3,(H,17,18)/b7-5+. The Morgan fingerprint density at radius 1 is 1.39 bits per heavy atom. The lowest BCUT2D eigenvalue weighted by atomic mass is 10.00. The molecular formula is C12H11F3O3. The van der Waals surface area contributed by atoms with Crippen LogP contribution >= 0.6 is 0 Å². The topological polar surface area (TPSA) is 57.5 Å². The fraction of sp³-hybridized carbons (Fsp3) is 0.250. The van der Waals surface area contributed by atoms with Crippen molar-refractivity contribution in [1.82, 2.24) is 0 Å². The van der Waals surface area contributed by atoms with Crippen LogP contribution in [-0.2, 0) is 6.61 Å².